The van der Waals surface area contributed by atoms with Crippen LogP contribution in [0.5, 0.6) is 0 Å². The number of rotatable bonds is 4. The van der Waals surface area contributed by atoms with Gasteiger partial charge in [-0.25, -0.2) is 15.0 Å². The van der Waals surface area contributed by atoms with Gasteiger partial charge in [-0.2, -0.15) is 0 Å². The van der Waals surface area contributed by atoms with E-state index in [1.165, 1.54) is 19.2 Å². The summed E-state index contributed by atoms with van der Waals surface area (Å²) in [6.07, 6.45) is 8.54. The van der Waals surface area contributed by atoms with E-state index in [2.05, 4.69) is 33.6 Å². The van der Waals surface area contributed by atoms with Crippen molar-refractivity contribution < 1.29 is 4.42 Å². The van der Waals surface area contributed by atoms with Crippen LogP contribution in [0.4, 0.5) is 17.5 Å². The lowest BCUT2D eigenvalue weighted by atomic mass is 9.73. The lowest BCUT2D eigenvalue weighted by Crippen LogP contribution is -2.45. The van der Waals surface area contributed by atoms with Gasteiger partial charge in [0.2, 0.25) is 0 Å². The number of nitrogens with zero attached hydrogens (tertiary/aromatic N) is 5. The molecule has 1 aliphatic carbocycles. The molecule has 0 bridgehead atoms. The van der Waals surface area contributed by atoms with E-state index in [0.717, 1.165) is 89.4 Å². The number of oxazole rings is 1. The number of anilines is 3. The minimum absolute atomic E-state index is 0.0222. The van der Waals surface area contributed by atoms with Crippen molar-refractivity contribution in [1.82, 2.24) is 15.0 Å². The summed E-state index contributed by atoms with van der Waals surface area (Å²) in [5.41, 5.74) is 16.5. The van der Waals surface area contributed by atoms with Crippen molar-refractivity contribution >= 4 is 40.8 Å². The molecule has 4 N–H and O–H groups in total. The van der Waals surface area contributed by atoms with Crippen molar-refractivity contribution in [3.05, 3.63) is 46.3 Å². The molecule has 2 aliphatic heterocycles. The molecule has 1 spiro atoms. The van der Waals surface area contributed by atoms with E-state index in [1.54, 1.807) is 11.8 Å². The second kappa shape index (κ2) is 9.11. The number of piperidine rings is 1. The molecule has 190 valence electrons. The fraction of sp³-hybridized carbons (Fsp3) is 0.500. The molecule has 1 atom stereocenters. The summed E-state index contributed by atoms with van der Waals surface area (Å²) in [5.74, 6) is 3.22. The molecule has 6 rings (SSSR count). The highest BCUT2D eigenvalue weighted by atomic mass is 35.5. The first-order valence-electron chi connectivity index (χ1n) is 12.6. The van der Waals surface area contributed by atoms with Crippen LogP contribution in [0.2, 0.25) is 5.02 Å². The third-order valence-electron chi connectivity index (χ3n) is 8.34. The van der Waals surface area contributed by atoms with Gasteiger partial charge in [0.15, 0.2) is 6.39 Å². The highest BCUT2D eigenvalue weighted by Gasteiger charge is 2.49. The van der Waals surface area contributed by atoms with Crippen LogP contribution in [0.3, 0.4) is 0 Å². The summed E-state index contributed by atoms with van der Waals surface area (Å²) in [6.45, 7) is 8.02. The molecule has 36 heavy (non-hydrogen) atoms. The van der Waals surface area contributed by atoms with Crippen LogP contribution in [0, 0.1) is 19.3 Å². The summed E-state index contributed by atoms with van der Waals surface area (Å²) < 4.78 is 5.59. The lowest BCUT2D eigenvalue weighted by Gasteiger charge is -2.42. The van der Waals surface area contributed by atoms with Crippen LogP contribution >= 0.6 is 23.4 Å². The maximum absolute atomic E-state index is 6.82. The SMILES string of the molecule is Cc1c(N2CCC3(CC2)Cc2ncoc2[C@H]3N)nc(N)c(Sc2ccnc(N3CCCC3)c2Cl)c1C. The van der Waals surface area contributed by atoms with Crippen LogP contribution in [-0.2, 0) is 6.42 Å². The van der Waals surface area contributed by atoms with Crippen molar-refractivity contribution in [1.29, 1.82) is 0 Å². The molecule has 8 nitrogen and oxygen atoms in total. The van der Waals surface area contributed by atoms with Crippen LogP contribution in [0.25, 0.3) is 0 Å². The Morgan fingerprint density at radius 1 is 1.06 bits per heavy atom. The number of aromatic nitrogens is 3. The first kappa shape index (κ1) is 23.9. The first-order valence-corrected chi connectivity index (χ1v) is 13.8. The van der Waals surface area contributed by atoms with Gasteiger partial charge in [0, 0.05) is 49.1 Å². The molecule has 0 aromatic carbocycles. The number of hydrogen-bond acceptors (Lipinski definition) is 9. The largest absolute Gasteiger partial charge is 0.447 e. The first-order chi connectivity index (χ1) is 17.4. The number of pyridine rings is 2. The Hall–Kier alpha value is -2.49. The van der Waals surface area contributed by atoms with Gasteiger partial charge in [-0.1, -0.05) is 23.4 Å². The van der Waals surface area contributed by atoms with Gasteiger partial charge in [-0.15, -0.1) is 0 Å². The van der Waals surface area contributed by atoms with Gasteiger partial charge >= 0.3 is 0 Å². The second-order valence-corrected chi connectivity index (χ2v) is 11.7. The zero-order valence-corrected chi connectivity index (χ0v) is 22.3. The quantitative estimate of drug-likeness (QED) is 0.490. The smallest absolute Gasteiger partial charge is 0.181 e. The summed E-state index contributed by atoms with van der Waals surface area (Å²) in [5, 5.41) is 0.688. The molecule has 0 unspecified atom stereocenters. The van der Waals surface area contributed by atoms with E-state index >= 15 is 0 Å². The molecular weight excluding hydrogens is 494 g/mol. The number of halogens is 1. The lowest BCUT2D eigenvalue weighted by molar-refractivity contribution is 0.173. The summed E-state index contributed by atoms with van der Waals surface area (Å²) in [4.78, 5) is 20.4. The Balaban J connectivity index is 1.22. The average Bonchev–Trinajstić information content (AvgIpc) is 3.61. The van der Waals surface area contributed by atoms with Crippen molar-refractivity contribution in [2.75, 3.05) is 41.7 Å². The molecule has 3 aromatic heterocycles. The van der Waals surface area contributed by atoms with E-state index in [0.29, 0.717) is 10.8 Å². The van der Waals surface area contributed by atoms with Gasteiger partial charge in [0.05, 0.1) is 21.7 Å². The number of hydrogen-bond donors (Lipinski definition) is 2. The molecule has 10 heteroatoms. The minimum Gasteiger partial charge on any atom is -0.447 e. The van der Waals surface area contributed by atoms with E-state index in [9.17, 15) is 0 Å². The minimum atomic E-state index is -0.0904. The summed E-state index contributed by atoms with van der Waals surface area (Å²) in [6, 6.07) is 1.87. The maximum Gasteiger partial charge on any atom is 0.181 e. The normalized spacial score (nSPS) is 20.9. The molecule has 2 saturated heterocycles. The van der Waals surface area contributed by atoms with Crippen LogP contribution in [-0.4, -0.2) is 41.1 Å². The van der Waals surface area contributed by atoms with Crippen molar-refractivity contribution in [2.24, 2.45) is 11.1 Å². The molecule has 2 fully saturated rings. The van der Waals surface area contributed by atoms with Gasteiger partial charge in [0.25, 0.3) is 0 Å². The number of nitrogens with two attached hydrogens (primary N) is 2. The molecule has 3 aromatic rings. The van der Waals surface area contributed by atoms with Gasteiger partial charge in [-0.3, -0.25) is 0 Å². The van der Waals surface area contributed by atoms with Crippen molar-refractivity contribution in [2.45, 2.75) is 61.8 Å². The average molecular weight is 526 g/mol. The van der Waals surface area contributed by atoms with E-state index < -0.39 is 0 Å². The molecular formula is C26H32ClN7OS. The van der Waals surface area contributed by atoms with Crippen molar-refractivity contribution in [3.63, 3.8) is 0 Å². The highest BCUT2D eigenvalue weighted by molar-refractivity contribution is 7.99. The number of fused-ring (bicyclic) bond motifs is 1. The maximum atomic E-state index is 6.82. The third-order valence-corrected chi connectivity index (χ3v) is 10.1. The topological polar surface area (TPSA) is 110 Å². The Bertz CT molecular complexity index is 1300. The van der Waals surface area contributed by atoms with Crippen LogP contribution in [0.1, 0.15) is 54.3 Å². The fourth-order valence-corrected chi connectivity index (χ4v) is 7.34. The molecule has 3 aliphatic rings. The zero-order valence-electron chi connectivity index (χ0n) is 20.8. The highest BCUT2D eigenvalue weighted by Crippen LogP contribution is 2.51. The Kier molecular flexibility index (Phi) is 6.05. The van der Waals surface area contributed by atoms with Crippen LogP contribution in [0.15, 0.2) is 32.9 Å². The van der Waals surface area contributed by atoms with E-state index in [-0.39, 0.29) is 11.5 Å². The van der Waals surface area contributed by atoms with Crippen molar-refractivity contribution in [3.8, 4) is 0 Å². The molecule has 0 amide bonds. The predicted octanol–water partition coefficient (Wildman–Crippen LogP) is 4.91. The summed E-state index contributed by atoms with van der Waals surface area (Å²) in [7, 11) is 0. The van der Waals surface area contributed by atoms with E-state index in [1.807, 2.05) is 12.3 Å². The van der Waals surface area contributed by atoms with E-state index in [4.69, 9.17) is 32.5 Å². The van der Waals surface area contributed by atoms with Gasteiger partial charge in [-0.05, 0) is 56.7 Å². The van der Waals surface area contributed by atoms with Crippen LogP contribution < -0.4 is 21.3 Å². The number of nitrogen functional groups attached to an aromatic ring is 1. The van der Waals surface area contributed by atoms with Gasteiger partial charge in [0.1, 0.15) is 23.2 Å². The fourth-order valence-electron chi connectivity index (χ4n) is 6.01. The molecule has 5 heterocycles. The Morgan fingerprint density at radius 2 is 1.78 bits per heavy atom. The standard InChI is InChI=1S/C26H32ClN7OS/c1-15-16(2)24(34-11-6-26(7-12-34)13-17-20(22(26)28)35-14-31-17)32-23(29)21(15)36-18-5-8-30-25(19(18)27)33-9-3-4-10-33/h5,8,14,22H,3-4,6-7,9-13,28H2,1-2H3,(H2,29,32)/t22-/m1/s1. The Labute approximate surface area is 220 Å². The summed E-state index contributed by atoms with van der Waals surface area (Å²) >= 11 is 8.40. The molecule has 0 saturated carbocycles. The zero-order chi connectivity index (χ0) is 25.0. The van der Waals surface area contributed by atoms with Gasteiger partial charge < -0.3 is 25.7 Å². The monoisotopic (exact) mass is 525 g/mol. The third kappa shape index (κ3) is 3.83. The predicted molar refractivity (Wildman–Crippen MR) is 144 cm³/mol. The Morgan fingerprint density at radius 3 is 2.50 bits per heavy atom. The molecule has 0 radical (unpaired) electrons. The second-order valence-electron chi connectivity index (χ2n) is 10.3.